The quantitative estimate of drug-likeness (QED) is 0.784. The third kappa shape index (κ3) is 2.83. The Balaban J connectivity index is 1.85. The Bertz CT molecular complexity index is 934. The Hall–Kier alpha value is -2.18. The SMILES string of the molecule is COC(=O)C1=C(C)NC2=C(C(=O)CCC2)[C@H]1c1ccc(-c2cccs2)s1. The summed E-state index contributed by atoms with van der Waals surface area (Å²) in [5, 5.41) is 5.34. The second kappa shape index (κ2) is 6.85. The van der Waals surface area contributed by atoms with Crippen LogP contribution < -0.4 is 5.32 Å². The molecule has 3 heterocycles. The molecule has 134 valence electrons. The number of rotatable bonds is 3. The summed E-state index contributed by atoms with van der Waals surface area (Å²) in [5.74, 6) is -0.593. The van der Waals surface area contributed by atoms with E-state index in [0.717, 1.165) is 39.6 Å². The number of esters is 1. The Kier molecular flexibility index (Phi) is 4.54. The summed E-state index contributed by atoms with van der Waals surface area (Å²) < 4.78 is 5.04. The smallest absolute Gasteiger partial charge is 0.336 e. The highest BCUT2D eigenvalue weighted by Gasteiger charge is 2.39. The van der Waals surface area contributed by atoms with E-state index >= 15 is 0 Å². The first kappa shape index (κ1) is 17.2. The number of ketones is 1. The van der Waals surface area contributed by atoms with Crippen molar-refractivity contribution in [3.05, 3.63) is 57.1 Å². The summed E-state index contributed by atoms with van der Waals surface area (Å²) in [6, 6.07) is 8.23. The molecular formula is C20H19NO3S2. The molecule has 0 amide bonds. The largest absolute Gasteiger partial charge is 0.466 e. The molecule has 0 unspecified atom stereocenters. The molecule has 2 aliphatic rings. The summed E-state index contributed by atoms with van der Waals surface area (Å²) in [5.41, 5.74) is 3.02. The van der Waals surface area contributed by atoms with E-state index in [4.69, 9.17) is 4.74 Å². The topological polar surface area (TPSA) is 55.4 Å². The predicted molar refractivity (Wildman–Crippen MR) is 104 cm³/mol. The van der Waals surface area contributed by atoms with Crippen LogP contribution in [0.5, 0.6) is 0 Å². The van der Waals surface area contributed by atoms with Crippen molar-refractivity contribution in [3.8, 4) is 9.75 Å². The molecule has 6 heteroatoms. The first-order valence-electron chi connectivity index (χ1n) is 8.56. The fraction of sp³-hybridized carbons (Fsp3) is 0.300. The van der Waals surface area contributed by atoms with Gasteiger partial charge in [-0.25, -0.2) is 4.79 Å². The van der Waals surface area contributed by atoms with Gasteiger partial charge in [0.05, 0.1) is 18.6 Å². The van der Waals surface area contributed by atoms with Crippen molar-refractivity contribution < 1.29 is 14.3 Å². The summed E-state index contributed by atoms with van der Waals surface area (Å²) in [4.78, 5) is 28.6. The molecule has 0 bridgehead atoms. The van der Waals surface area contributed by atoms with Gasteiger partial charge in [0.25, 0.3) is 0 Å². The molecule has 0 fully saturated rings. The standard InChI is InChI=1S/C20H19NO3S2/c1-11-17(20(23)24-2)19(18-12(21-11)5-3-6-13(18)22)16-9-8-15(26-16)14-7-4-10-25-14/h4,7-10,19,21H,3,5-6H2,1-2H3/t19-/m0/s1. The van der Waals surface area contributed by atoms with Crippen LogP contribution in [0.3, 0.4) is 0 Å². The normalized spacial score (nSPS) is 20.1. The third-order valence-corrected chi connectivity index (χ3v) is 7.07. The summed E-state index contributed by atoms with van der Waals surface area (Å²) in [6.45, 7) is 1.88. The number of nitrogens with one attached hydrogen (secondary N) is 1. The molecule has 1 aliphatic heterocycles. The molecule has 1 atom stereocenters. The van der Waals surface area contributed by atoms with Crippen molar-refractivity contribution >= 4 is 34.4 Å². The van der Waals surface area contributed by atoms with Gasteiger partial charge in [-0.15, -0.1) is 22.7 Å². The Labute approximate surface area is 160 Å². The van der Waals surface area contributed by atoms with Gasteiger partial charge in [-0.2, -0.15) is 0 Å². The van der Waals surface area contributed by atoms with E-state index in [9.17, 15) is 9.59 Å². The van der Waals surface area contributed by atoms with Gasteiger partial charge in [0.15, 0.2) is 5.78 Å². The zero-order valence-corrected chi connectivity index (χ0v) is 16.3. The number of allylic oxidation sites excluding steroid dienone is 3. The molecule has 1 N–H and O–H groups in total. The lowest BCUT2D eigenvalue weighted by molar-refractivity contribution is -0.136. The van der Waals surface area contributed by atoms with Gasteiger partial charge in [-0.1, -0.05) is 6.07 Å². The molecule has 0 saturated heterocycles. The molecule has 26 heavy (non-hydrogen) atoms. The van der Waals surface area contributed by atoms with E-state index in [1.807, 2.05) is 19.1 Å². The highest BCUT2D eigenvalue weighted by Crippen LogP contribution is 2.46. The molecule has 2 aromatic heterocycles. The second-order valence-electron chi connectivity index (χ2n) is 6.44. The van der Waals surface area contributed by atoms with Gasteiger partial charge in [0.2, 0.25) is 0 Å². The highest BCUT2D eigenvalue weighted by atomic mass is 32.1. The minimum atomic E-state index is -0.379. The van der Waals surface area contributed by atoms with Gasteiger partial charge in [0, 0.05) is 38.0 Å². The monoisotopic (exact) mass is 385 g/mol. The fourth-order valence-corrected chi connectivity index (χ4v) is 5.67. The lowest BCUT2D eigenvalue weighted by Gasteiger charge is -2.33. The minimum Gasteiger partial charge on any atom is -0.466 e. The van der Waals surface area contributed by atoms with E-state index in [-0.39, 0.29) is 17.7 Å². The van der Waals surface area contributed by atoms with Gasteiger partial charge < -0.3 is 10.1 Å². The number of methoxy groups -OCH3 is 1. The molecule has 2 aromatic rings. The Morgan fingerprint density at radius 3 is 2.81 bits per heavy atom. The molecule has 4 nitrogen and oxygen atoms in total. The average molecular weight is 386 g/mol. The van der Waals surface area contributed by atoms with Crippen LogP contribution in [-0.4, -0.2) is 18.9 Å². The number of hydrogen-bond donors (Lipinski definition) is 1. The van der Waals surface area contributed by atoms with Crippen LogP contribution in [-0.2, 0) is 14.3 Å². The van der Waals surface area contributed by atoms with E-state index in [1.165, 1.54) is 12.0 Å². The maximum Gasteiger partial charge on any atom is 0.336 e. The van der Waals surface area contributed by atoms with Gasteiger partial charge in [0.1, 0.15) is 0 Å². The number of hydrogen-bond acceptors (Lipinski definition) is 6. The van der Waals surface area contributed by atoms with E-state index < -0.39 is 0 Å². The third-order valence-electron chi connectivity index (χ3n) is 4.86. The second-order valence-corrected chi connectivity index (χ2v) is 8.50. The molecule has 4 rings (SSSR count). The first-order chi connectivity index (χ1) is 12.6. The van der Waals surface area contributed by atoms with Crippen LogP contribution in [0.15, 0.2) is 52.2 Å². The van der Waals surface area contributed by atoms with Crippen molar-refractivity contribution in [1.82, 2.24) is 5.32 Å². The maximum atomic E-state index is 12.7. The van der Waals surface area contributed by atoms with E-state index in [2.05, 4.69) is 22.8 Å². The van der Waals surface area contributed by atoms with E-state index in [0.29, 0.717) is 12.0 Å². The van der Waals surface area contributed by atoms with Crippen LogP contribution >= 0.6 is 22.7 Å². The summed E-state index contributed by atoms with van der Waals surface area (Å²) >= 11 is 3.33. The van der Waals surface area contributed by atoms with Crippen LogP contribution in [0.25, 0.3) is 9.75 Å². The zero-order valence-electron chi connectivity index (χ0n) is 14.6. The number of carbonyl (C=O) groups excluding carboxylic acids is 2. The number of thiophene rings is 2. The van der Waals surface area contributed by atoms with Gasteiger partial charge in [-0.05, 0) is 43.3 Å². The van der Waals surface area contributed by atoms with Gasteiger partial charge in [-0.3, -0.25) is 4.79 Å². The highest BCUT2D eigenvalue weighted by molar-refractivity contribution is 7.21. The van der Waals surface area contributed by atoms with Crippen molar-refractivity contribution in [2.24, 2.45) is 0 Å². The lowest BCUT2D eigenvalue weighted by atomic mass is 9.78. The van der Waals surface area contributed by atoms with Gasteiger partial charge >= 0.3 is 5.97 Å². The van der Waals surface area contributed by atoms with E-state index in [1.54, 1.807) is 22.7 Å². The fourth-order valence-electron chi connectivity index (χ4n) is 3.71. The summed E-state index contributed by atoms with van der Waals surface area (Å²) in [6.07, 6.45) is 2.23. The molecular weight excluding hydrogens is 366 g/mol. The van der Waals surface area contributed by atoms with Crippen LogP contribution in [0, 0.1) is 0 Å². The molecule has 0 saturated carbocycles. The predicted octanol–water partition coefficient (Wildman–Crippen LogP) is 4.62. The van der Waals surface area contributed by atoms with Crippen LogP contribution in [0.1, 0.15) is 37.0 Å². The maximum absolute atomic E-state index is 12.7. The molecule has 0 aromatic carbocycles. The van der Waals surface area contributed by atoms with Crippen molar-refractivity contribution in [1.29, 1.82) is 0 Å². The van der Waals surface area contributed by atoms with Crippen molar-refractivity contribution in [2.75, 3.05) is 7.11 Å². The van der Waals surface area contributed by atoms with Crippen LogP contribution in [0.2, 0.25) is 0 Å². The lowest BCUT2D eigenvalue weighted by Crippen LogP contribution is -2.33. The van der Waals surface area contributed by atoms with Crippen molar-refractivity contribution in [3.63, 3.8) is 0 Å². The number of dihydropyridines is 1. The minimum absolute atomic E-state index is 0.128. The average Bonchev–Trinajstić information content (AvgIpc) is 3.31. The first-order valence-corrected chi connectivity index (χ1v) is 10.3. The number of carbonyl (C=O) groups is 2. The molecule has 0 radical (unpaired) electrons. The molecule has 1 aliphatic carbocycles. The number of Topliss-reactive ketones (excluding diaryl/α,β-unsaturated/α-hetero) is 1. The zero-order chi connectivity index (χ0) is 18.3. The van der Waals surface area contributed by atoms with Crippen molar-refractivity contribution in [2.45, 2.75) is 32.1 Å². The number of ether oxygens (including phenoxy) is 1. The Morgan fingerprint density at radius 2 is 2.08 bits per heavy atom. The summed E-state index contributed by atoms with van der Waals surface area (Å²) in [7, 11) is 1.39. The molecule has 0 spiro atoms. The Morgan fingerprint density at radius 1 is 1.23 bits per heavy atom. The van der Waals surface area contributed by atoms with Crippen LogP contribution in [0.4, 0.5) is 0 Å².